The minimum Gasteiger partial charge on any atom is -0.493 e. The van der Waals surface area contributed by atoms with Crippen molar-refractivity contribution in [1.29, 1.82) is 0 Å². The number of hydrogen-bond acceptors (Lipinski definition) is 3. The first kappa shape index (κ1) is 20.5. The second-order valence-electron chi connectivity index (χ2n) is 7.36. The first-order valence-electron chi connectivity index (χ1n) is 10.4. The van der Waals surface area contributed by atoms with E-state index in [0.717, 1.165) is 17.7 Å². The smallest absolute Gasteiger partial charge is 0.303 e. The molecule has 0 bridgehead atoms. The van der Waals surface area contributed by atoms with Crippen LogP contribution in [0.15, 0.2) is 91.0 Å². The Morgan fingerprint density at radius 2 is 1.52 bits per heavy atom. The second kappa shape index (κ2) is 9.81. The lowest BCUT2D eigenvalue weighted by molar-refractivity contribution is -0.136. The van der Waals surface area contributed by atoms with Crippen molar-refractivity contribution in [3.05, 3.63) is 102 Å². The zero-order valence-corrected chi connectivity index (χ0v) is 17.2. The van der Waals surface area contributed by atoms with E-state index in [4.69, 9.17) is 14.6 Å². The fourth-order valence-corrected chi connectivity index (χ4v) is 3.48. The number of carbonyl (C=O) groups is 1. The van der Waals surface area contributed by atoms with Crippen LogP contribution in [0.3, 0.4) is 0 Å². The summed E-state index contributed by atoms with van der Waals surface area (Å²) >= 11 is 0. The number of aryl methyl sites for hydroxylation is 1. The van der Waals surface area contributed by atoms with Crippen molar-refractivity contribution in [2.45, 2.75) is 19.3 Å². The van der Waals surface area contributed by atoms with Gasteiger partial charge in [-0.1, -0.05) is 66.7 Å². The number of aliphatic carboxylic acids is 1. The predicted octanol–water partition coefficient (Wildman–Crippen LogP) is 6.27. The van der Waals surface area contributed by atoms with E-state index >= 15 is 0 Å². The minimum absolute atomic E-state index is 0.0555. The molecule has 0 atom stereocenters. The van der Waals surface area contributed by atoms with Crippen molar-refractivity contribution in [3.8, 4) is 17.2 Å². The van der Waals surface area contributed by atoms with Gasteiger partial charge in [-0.05, 0) is 46.5 Å². The van der Waals surface area contributed by atoms with E-state index in [2.05, 4.69) is 30.3 Å². The Labute approximate surface area is 181 Å². The molecule has 0 aromatic heterocycles. The third-order valence-electron chi connectivity index (χ3n) is 5.09. The molecule has 0 unspecified atom stereocenters. The molecule has 156 valence electrons. The lowest BCUT2D eigenvalue weighted by Crippen LogP contribution is -2.05. The number of ether oxygens (including phenoxy) is 2. The monoisotopic (exact) mass is 412 g/mol. The fraction of sp³-hybridized carbons (Fsp3) is 0.148. The summed E-state index contributed by atoms with van der Waals surface area (Å²) in [5, 5.41) is 11.5. The zero-order valence-electron chi connectivity index (χ0n) is 17.2. The van der Waals surface area contributed by atoms with Crippen LogP contribution in [0.2, 0.25) is 0 Å². The molecule has 0 saturated heterocycles. The number of benzene rings is 4. The van der Waals surface area contributed by atoms with E-state index in [1.165, 1.54) is 16.3 Å². The lowest BCUT2D eigenvalue weighted by atomic mass is 10.1. The van der Waals surface area contributed by atoms with Crippen LogP contribution in [0.4, 0.5) is 0 Å². The average Bonchev–Trinajstić information content (AvgIpc) is 2.79. The van der Waals surface area contributed by atoms with Crippen LogP contribution in [0, 0.1) is 0 Å². The van der Waals surface area contributed by atoms with Crippen LogP contribution in [0.5, 0.6) is 17.2 Å². The summed E-state index contributed by atoms with van der Waals surface area (Å²) in [5.74, 6) is 1.23. The van der Waals surface area contributed by atoms with E-state index in [0.29, 0.717) is 24.5 Å². The highest BCUT2D eigenvalue weighted by atomic mass is 16.5. The van der Waals surface area contributed by atoms with Gasteiger partial charge in [0.05, 0.1) is 6.61 Å². The van der Waals surface area contributed by atoms with E-state index < -0.39 is 5.97 Å². The van der Waals surface area contributed by atoms with Crippen molar-refractivity contribution in [1.82, 2.24) is 0 Å². The van der Waals surface area contributed by atoms with Gasteiger partial charge in [-0.25, -0.2) is 0 Å². The summed E-state index contributed by atoms with van der Waals surface area (Å²) in [6.45, 7) is 0.493. The molecule has 1 N–H and O–H groups in total. The van der Waals surface area contributed by atoms with Crippen molar-refractivity contribution >= 4 is 16.7 Å². The number of para-hydroxylation sites is 1. The summed E-state index contributed by atoms with van der Waals surface area (Å²) in [4.78, 5) is 11.0. The molecule has 0 amide bonds. The quantitative estimate of drug-likeness (QED) is 0.352. The molecule has 0 saturated carbocycles. The highest BCUT2D eigenvalue weighted by Crippen LogP contribution is 2.29. The van der Waals surface area contributed by atoms with Gasteiger partial charge < -0.3 is 14.6 Å². The number of carboxylic acids is 1. The van der Waals surface area contributed by atoms with Crippen LogP contribution in [-0.4, -0.2) is 17.7 Å². The first-order valence-corrected chi connectivity index (χ1v) is 10.4. The third kappa shape index (κ3) is 5.64. The summed E-state index contributed by atoms with van der Waals surface area (Å²) < 4.78 is 12.0. The van der Waals surface area contributed by atoms with Gasteiger partial charge in [0.2, 0.25) is 0 Å². The molecule has 4 heteroatoms. The van der Waals surface area contributed by atoms with Crippen molar-refractivity contribution in [2.75, 3.05) is 6.61 Å². The molecule has 0 aliphatic rings. The van der Waals surface area contributed by atoms with Crippen molar-refractivity contribution in [2.24, 2.45) is 0 Å². The highest BCUT2D eigenvalue weighted by Gasteiger charge is 2.10. The average molecular weight is 412 g/mol. The number of fused-ring (bicyclic) bond motifs is 1. The molecule has 0 radical (unpaired) electrons. The number of rotatable bonds is 9. The van der Waals surface area contributed by atoms with Gasteiger partial charge >= 0.3 is 5.97 Å². The van der Waals surface area contributed by atoms with E-state index in [1.54, 1.807) is 0 Å². The van der Waals surface area contributed by atoms with Gasteiger partial charge in [0.25, 0.3) is 0 Å². The molecular weight excluding hydrogens is 388 g/mol. The summed E-state index contributed by atoms with van der Waals surface area (Å²) in [6, 6.07) is 29.8. The molecule has 4 rings (SSSR count). The van der Waals surface area contributed by atoms with Gasteiger partial charge in [-0.3, -0.25) is 4.79 Å². The molecule has 0 spiro atoms. The number of hydrogen-bond donors (Lipinski definition) is 1. The largest absolute Gasteiger partial charge is 0.493 e. The Kier molecular flexibility index (Phi) is 6.48. The molecule has 0 fully saturated rings. The number of carboxylic acid groups (broad SMARTS) is 1. The Hall–Kier alpha value is -3.79. The molecule has 4 aromatic carbocycles. The van der Waals surface area contributed by atoms with Crippen LogP contribution in [0.25, 0.3) is 10.8 Å². The fourth-order valence-electron chi connectivity index (χ4n) is 3.48. The van der Waals surface area contributed by atoms with Gasteiger partial charge in [-0.15, -0.1) is 0 Å². The molecule has 0 aliphatic heterocycles. The van der Waals surface area contributed by atoms with Crippen LogP contribution < -0.4 is 9.47 Å². The third-order valence-corrected chi connectivity index (χ3v) is 5.09. The molecule has 4 aromatic rings. The van der Waals surface area contributed by atoms with Gasteiger partial charge in [-0.2, -0.15) is 0 Å². The zero-order chi connectivity index (χ0) is 21.5. The summed E-state index contributed by atoms with van der Waals surface area (Å²) in [5.41, 5.74) is 2.06. The van der Waals surface area contributed by atoms with E-state index in [9.17, 15) is 4.79 Å². The molecule has 31 heavy (non-hydrogen) atoms. The molecular formula is C27H24O4. The Morgan fingerprint density at radius 1 is 0.742 bits per heavy atom. The second-order valence-corrected chi connectivity index (χ2v) is 7.36. The Bertz CT molecular complexity index is 1170. The van der Waals surface area contributed by atoms with E-state index in [1.807, 2.05) is 60.7 Å². The minimum atomic E-state index is -0.827. The summed E-state index contributed by atoms with van der Waals surface area (Å²) in [7, 11) is 0. The molecule has 0 heterocycles. The summed E-state index contributed by atoms with van der Waals surface area (Å²) in [6.07, 6.45) is 1.22. The van der Waals surface area contributed by atoms with Gasteiger partial charge in [0.1, 0.15) is 17.2 Å². The maximum atomic E-state index is 11.0. The van der Waals surface area contributed by atoms with E-state index in [-0.39, 0.29) is 6.42 Å². The van der Waals surface area contributed by atoms with Gasteiger partial charge in [0, 0.05) is 18.9 Å². The van der Waals surface area contributed by atoms with Crippen molar-refractivity contribution < 1.29 is 19.4 Å². The molecule has 0 aliphatic carbocycles. The lowest BCUT2D eigenvalue weighted by Gasteiger charge is -2.14. The Morgan fingerprint density at radius 3 is 2.32 bits per heavy atom. The standard InChI is InChI=1S/C27H24O4/c28-27(29)15-13-22-12-14-25(31-24-8-2-1-3-9-24)19-26(22)30-17-16-20-10-11-21-6-4-5-7-23(21)18-20/h1-12,14,18-19H,13,15-17H2,(H,28,29). The maximum Gasteiger partial charge on any atom is 0.303 e. The normalized spacial score (nSPS) is 10.7. The van der Waals surface area contributed by atoms with Gasteiger partial charge in [0.15, 0.2) is 0 Å². The van der Waals surface area contributed by atoms with Crippen LogP contribution in [-0.2, 0) is 17.6 Å². The maximum absolute atomic E-state index is 11.0. The van der Waals surface area contributed by atoms with Crippen molar-refractivity contribution in [3.63, 3.8) is 0 Å². The SMILES string of the molecule is O=C(O)CCc1ccc(Oc2ccccc2)cc1OCCc1ccc2ccccc2c1. The van der Waals surface area contributed by atoms with Crippen LogP contribution >= 0.6 is 0 Å². The van der Waals surface area contributed by atoms with Crippen LogP contribution in [0.1, 0.15) is 17.5 Å². The first-order chi connectivity index (χ1) is 15.2. The highest BCUT2D eigenvalue weighted by molar-refractivity contribution is 5.83. The topological polar surface area (TPSA) is 55.8 Å². The molecule has 4 nitrogen and oxygen atoms in total. The Balaban J connectivity index is 1.47. The predicted molar refractivity (Wildman–Crippen MR) is 122 cm³/mol.